The first-order chi connectivity index (χ1) is 8.87. The van der Waals surface area contributed by atoms with Gasteiger partial charge in [0.2, 0.25) is 0 Å². The summed E-state index contributed by atoms with van der Waals surface area (Å²) in [5, 5.41) is 8.81. The molecule has 1 aromatic carbocycles. The molecule has 0 aliphatic carbocycles. The number of benzene rings is 1. The molecule has 0 amide bonds. The van der Waals surface area contributed by atoms with E-state index >= 15 is 0 Å². The largest absolute Gasteiger partial charge is 0.480 e. The fourth-order valence-corrected chi connectivity index (χ4v) is 0.501. The maximum Gasteiger partial charge on any atom is 0.320 e. The van der Waals surface area contributed by atoms with Gasteiger partial charge in [-0.3, -0.25) is 4.79 Å². The maximum atomic E-state index is 10.9. The number of hydrogen-bond donors (Lipinski definition) is 2. The Bertz CT molecular complexity index is 557. The third-order valence-electron chi connectivity index (χ3n) is 0.990. The van der Waals surface area contributed by atoms with E-state index in [2.05, 4.69) is 0 Å². The van der Waals surface area contributed by atoms with Crippen molar-refractivity contribution < 1.29 is 20.9 Å². The van der Waals surface area contributed by atoms with E-state index in [0.29, 0.717) is 0 Å². The molecule has 1 atom stereocenters. The monoisotopic (exact) mass is 173 g/mol. The molecule has 1 rings (SSSR count). The molecule has 64 valence electrons. The number of hydrogen-bond acceptors (Lipinski definition) is 2. The Balaban J connectivity index is 3.76. The van der Waals surface area contributed by atoms with E-state index in [1.54, 1.807) is 0 Å². The summed E-state index contributed by atoms with van der Waals surface area (Å²) in [6, 6.07) is -7.46. The zero-order chi connectivity index (χ0) is 16.0. The molecule has 0 heterocycles. The fraction of sp³-hybridized carbons (Fsp3) is 0.222. The second kappa shape index (κ2) is 3.88. The summed E-state index contributed by atoms with van der Waals surface area (Å²) in [5.41, 5.74) is 4.15. The van der Waals surface area contributed by atoms with Gasteiger partial charge in [0, 0.05) is 2.74 Å². The van der Waals surface area contributed by atoms with E-state index in [-0.39, 0.29) is 0 Å². The molecule has 0 fully saturated rings. The van der Waals surface area contributed by atoms with Gasteiger partial charge in [0.15, 0.2) is 0 Å². The van der Waals surface area contributed by atoms with Gasteiger partial charge >= 0.3 is 5.97 Å². The number of aliphatic carboxylic acids is 1. The van der Waals surface area contributed by atoms with Gasteiger partial charge < -0.3 is 10.8 Å². The molecule has 0 aromatic heterocycles. The minimum atomic E-state index is -3.21. The Hall–Kier alpha value is -1.35. The van der Waals surface area contributed by atoms with Crippen LogP contribution in [0.1, 0.15) is 16.5 Å². The lowest BCUT2D eigenvalue weighted by Gasteiger charge is -2.04. The van der Waals surface area contributed by atoms with Crippen LogP contribution in [0.25, 0.3) is 0 Å². The molecule has 3 heteroatoms. The highest BCUT2D eigenvalue weighted by atomic mass is 16.4. The summed E-state index contributed by atoms with van der Waals surface area (Å²) in [4.78, 5) is 10.9. The minimum absolute atomic E-state index is 0.748. The van der Waals surface area contributed by atoms with E-state index in [4.69, 9.17) is 21.8 Å². The van der Waals surface area contributed by atoms with Gasteiger partial charge in [-0.2, -0.15) is 0 Å². The van der Waals surface area contributed by atoms with Crippen LogP contribution in [0.15, 0.2) is 30.2 Å². The van der Waals surface area contributed by atoms with Gasteiger partial charge in [-0.25, -0.2) is 0 Å². The smallest absolute Gasteiger partial charge is 0.320 e. The third-order valence-corrected chi connectivity index (χ3v) is 0.990. The summed E-state index contributed by atoms with van der Waals surface area (Å²) >= 11 is 0. The van der Waals surface area contributed by atoms with Crippen molar-refractivity contribution in [2.24, 2.45) is 5.73 Å². The van der Waals surface area contributed by atoms with Crippen molar-refractivity contribution in [1.82, 2.24) is 0 Å². The van der Waals surface area contributed by atoms with E-state index in [1.807, 2.05) is 0 Å². The van der Waals surface area contributed by atoms with Crippen LogP contribution in [0.5, 0.6) is 0 Å². The first kappa shape index (κ1) is 2.85. The SMILES string of the molecule is [2H]c1c([2H])c([2H])c(C([2H])([2H])[C@]([2H])(N)C(=O)O)c([2H])c1[2H]. The van der Waals surface area contributed by atoms with Crippen molar-refractivity contribution in [3.63, 3.8) is 0 Å². The normalized spacial score (nSPS) is 25.8. The van der Waals surface area contributed by atoms with E-state index in [1.165, 1.54) is 0 Å². The molecule has 3 nitrogen and oxygen atoms in total. The average molecular weight is 173 g/mol. The molecule has 3 N–H and O–H groups in total. The van der Waals surface area contributed by atoms with Crippen LogP contribution >= 0.6 is 0 Å². The number of carbonyl (C=O) groups is 1. The molecule has 0 radical (unpaired) electrons. The second-order valence-corrected chi connectivity index (χ2v) is 1.84. The molecule has 0 bridgehead atoms. The van der Waals surface area contributed by atoms with Gasteiger partial charge in [-0.1, -0.05) is 30.2 Å². The van der Waals surface area contributed by atoms with Crippen LogP contribution in [-0.2, 0) is 11.2 Å². The van der Waals surface area contributed by atoms with Crippen molar-refractivity contribution in [1.29, 1.82) is 0 Å². The number of rotatable bonds is 3. The zero-order valence-corrected chi connectivity index (χ0v) is 5.93. The zero-order valence-electron chi connectivity index (χ0n) is 13.9. The lowest BCUT2D eigenvalue weighted by molar-refractivity contribution is -0.138. The highest BCUT2D eigenvalue weighted by molar-refractivity contribution is 5.73. The van der Waals surface area contributed by atoms with Gasteiger partial charge in [0.1, 0.15) is 6.02 Å². The molecule has 0 aliphatic rings. The van der Waals surface area contributed by atoms with Crippen LogP contribution in [-0.4, -0.2) is 17.1 Å². The predicted molar refractivity (Wildman–Crippen MR) is 45.8 cm³/mol. The first-order valence-corrected chi connectivity index (χ1v) is 2.97. The van der Waals surface area contributed by atoms with Gasteiger partial charge in [0.05, 0.1) is 8.22 Å². The second-order valence-electron chi connectivity index (χ2n) is 1.84. The Kier molecular flexibility index (Phi) is 0.921. The Morgan fingerprint density at radius 1 is 1.75 bits per heavy atom. The van der Waals surface area contributed by atoms with Crippen LogP contribution in [0.3, 0.4) is 0 Å². The summed E-state index contributed by atoms with van der Waals surface area (Å²) in [6.45, 7) is 0. The Labute approximate surface area is 82.1 Å². The van der Waals surface area contributed by atoms with Crippen LogP contribution in [0, 0.1) is 0 Å². The Morgan fingerprint density at radius 2 is 2.33 bits per heavy atom. The molecule has 0 saturated heterocycles. The van der Waals surface area contributed by atoms with Gasteiger partial charge in [-0.15, -0.1) is 0 Å². The molecule has 0 aliphatic heterocycles. The predicted octanol–water partition coefficient (Wildman–Crippen LogP) is 0.641. The number of carboxylic acid groups (broad SMARTS) is 1. The fourth-order valence-electron chi connectivity index (χ4n) is 0.501. The van der Waals surface area contributed by atoms with Gasteiger partial charge in [-0.05, 0) is 11.9 Å². The highest BCUT2D eigenvalue weighted by Gasteiger charge is 2.10. The first-order valence-electron chi connectivity index (χ1n) is 6.97. The molecule has 0 spiro atoms. The number of nitrogens with two attached hydrogens (primary N) is 1. The Morgan fingerprint density at radius 3 is 2.83 bits per heavy atom. The van der Waals surface area contributed by atoms with E-state index < -0.39 is 54.1 Å². The van der Waals surface area contributed by atoms with E-state index in [9.17, 15) is 4.79 Å². The quantitative estimate of drug-likeness (QED) is 0.705. The highest BCUT2D eigenvalue weighted by Crippen LogP contribution is 2.01. The van der Waals surface area contributed by atoms with Crippen molar-refractivity contribution in [3.8, 4) is 0 Å². The maximum absolute atomic E-state index is 10.9. The topological polar surface area (TPSA) is 63.3 Å². The lowest BCUT2D eigenvalue weighted by Crippen LogP contribution is -2.32. The third kappa shape index (κ3) is 2.36. The molecule has 1 aromatic rings. The van der Waals surface area contributed by atoms with Crippen molar-refractivity contribution in [2.75, 3.05) is 0 Å². The summed E-state index contributed by atoms with van der Waals surface area (Å²) in [5.74, 6) is -2.02. The van der Waals surface area contributed by atoms with Crippen LogP contribution in [0.4, 0.5) is 0 Å². The van der Waals surface area contributed by atoms with Crippen molar-refractivity contribution in [3.05, 3.63) is 35.8 Å². The number of carboxylic acids is 1. The van der Waals surface area contributed by atoms with Crippen molar-refractivity contribution >= 4 is 5.97 Å². The van der Waals surface area contributed by atoms with Crippen molar-refractivity contribution in [2.45, 2.75) is 12.4 Å². The molecule has 0 unspecified atom stereocenters. The summed E-state index contributed by atoms with van der Waals surface area (Å²) in [7, 11) is 0. The van der Waals surface area contributed by atoms with E-state index in [0.717, 1.165) is 0 Å². The molecular weight excluding hydrogens is 154 g/mol. The lowest BCUT2D eigenvalue weighted by atomic mass is 10.1. The van der Waals surface area contributed by atoms with Crippen LogP contribution < -0.4 is 5.73 Å². The van der Waals surface area contributed by atoms with Crippen LogP contribution in [0.2, 0.25) is 0 Å². The molecule has 12 heavy (non-hydrogen) atoms. The standard InChI is InChI=1S/C9H11NO2/c10-8(9(11)12)6-7-4-2-1-3-5-7/h1-5,8H,6,10H2,(H,11,12)/t8-/m0/s1/i1D,2D,3D,4D,5D,6D2,8D. The average Bonchev–Trinajstić information content (AvgIpc) is 2.33. The molecular formula is C9H11NO2. The summed E-state index contributed by atoms with van der Waals surface area (Å²) < 4.78 is 60.0. The minimum Gasteiger partial charge on any atom is -0.480 e. The van der Waals surface area contributed by atoms with Gasteiger partial charge in [0.25, 0.3) is 0 Å². The summed E-state index contributed by atoms with van der Waals surface area (Å²) in [6.07, 6.45) is -3.19. The molecule has 0 saturated carbocycles.